The van der Waals surface area contributed by atoms with E-state index in [-0.39, 0.29) is 11.3 Å². The van der Waals surface area contributed by atoms with E-state index < -0.39 is 10.8 Å². The van der Waals surface area contributed by atoms with Crippen molar-refractivity contribution in [3.05, 3.63) is 93.8 Å². The van der Waals surface area contributed by atoms with Gasteiger partial charge < -0.3 is 15.8 Å². The molecule has 0 aliphatic carbocycles. The van der Waals surface area contributed by atoms with E-state index in [0.29, 0.717) is 24.6 Å². The van der Waals surface area contributed by atoms with E-state index in [9.17, 15) is 14.9 Å². The number of primary amides is 1. The first kappa shape index (κ1) is 18.8. The molecule has 0 atom stereocenters. The van der Waals surface area contributed by atoms with Crippen molar-refractivity contribution in [2.45, 2.75) is 13.2 Å². The number of nitro benzene ring substituents is 1. The van der Waals surface area contributed by atoms with E-state index >= 15 is 0 Å². The molecule has 8 heteroatoms. The van der Waals surface area contributed by atoms with Gasteiger partial charge in [-0.1, -0.05) is 18.2 Å². The number of hydrogen-bond acceptors (Lipinski definition) is 6. The van der Waals surface area contributed by atoms with Crippen LogP contribution in [-0.2, 0) is 13.2 Å². The number of nitrogens with zero attached hydrogens (tertiary/aromatic N) is 2. The van der Waals surface area contributed by atoms with Gasteiger partial charge in [0.1, 0.15) is 18.0 Å². The minimum absolute atomic E-state index is 0.0902. The highest BCUT2D eigenvalue weighted by Crippen LogP contribution is 2.26. The summed E-state index contributed by atoms with van der Waals surface area (Å²) in [5.41, 5.74) is 7.27. The van der Waals surface area contributed by atoms with Gasteiger partial charge in [0.2, 0.25) is 5.91 Å². The topological polar surface area (TPSA) is 120 Å². The Morgan fingerprint density at radius 2 is 1.93 bits per heavy atom. The normalized spacial score (nSPS) is 10.3. The molecule has 3 rings (SSSR count). The minimum Gasteiger partial charge on any atom is -0.489 e. The summed E-state index contributed by atoms with van der Waals surface area (Å²) in [5, 5.41) is 14.2. The zero-order valence-corrected chi connectivity index (χ0v) is 14.9. The van der Waals surface area contributed by atoms with Gasteiger partial charge in [0, 0.05) is 36.1 Å². The third kappa shape index (κ3) is 4.82. The number of ether oxygens (including phenoxy) is 1. The summed E-state index contributed by atoms with van der Waals surface area (Å²) in [6, 6.07) is 15.3. The van der Waals surface area contributed by atoms with Crippen LogP contribution in [0.25, 0.3) is 0 Å². The number of carbonyl (C=O) groups excluding carboxylic acids is 1. The first-order valence-corrected chi connectivity index (χ1v) is 8.45. The third-order valence-corrected chi connectivity index (χ3v) is 4.01. The van der Waals surface area contributed by atoms with Crippen molar-refractivity contribution in [3.8, 4) is 5.75 Å². The molecule has 0 saturated carbocycles. The molecule has 2 aromatic carbocycles. The van der Waals surface area contributed by atoms with Crippen LogP contribution in [-0.4, -0.2) is 15.8 Å². The summed E-state index contributed by atoms with van der Waals surface area (Å²) in [6.45, 7) is 0.795. The molecule has 1 heterocycles. The van der Waals surface area contributed by atoms with Crippen molar-refractivity contribution in [1.29, 1.82) is 0 Å². The van der Waals surface area contributed by atoms with Gasteiger partial charge in [-0.3, -0.25) is 19.9 Å². The number of nitrogens with two attached hydrogens (primary N) is 1. The molecular weight excluding hydrogens is 360 g/mol. The molecule has 3 aromatic rings. The molecule has 0 fully saturated rings. The SMILES string of the molecule is NC(=O)c1ccc(NCc2ccc(OCc3cccnc3)cc2)c([N+](=O)[O-])c1. The van der Waals surface area contributed by atoms with Crippen LogP contribution >= 0.6 is 0 Å². The molecule has 0 bridgehead atoms. The molecule has 28 heavy (non-hydrogen) atoms. The minimum atomic E-state index is -0.712. The lowest BCUT2D eigenvalue weighted by molar-refractivity contribution is -0.384. The zero-order chi connectivity index (χ0) is 19.9. The Morgan fingerprint density at radius 3 is 2.57 bits per heavy atom. The Hall–Kier alpha value is -3.94. The highest BCUT2D eigenvalue weighted by Gasteiger charge is 2.16. The number of nitrogens with one attached hydrogen (secondary N) is 1. The Kier molecular flexibility index (Phi) is 5.81. The number of benzene rings is 2. The first-order chi connectivity index (χ1) is 13.5. The van der Waals surface area contributed by atoms with E-state index in [0.717, 1.165) is 11.1 Å². The monoisotopic (exact) mass is 378 g/mol. The van der Waals surface area contributed by atoms with Crippen LogP contribution in [0.15, 0.2) is 67.0 Å². The van der Waals surface area contributed by atoms with E-state index in [1.165, 1.54) is 18.2 Å². The number of anilines is 1. The number of nitro groups is 1. The van der Waals surface area contributed by atoms with Crippen molar-refractivity contribution in [3.63, 3.8) is 0 Å². The Bertz CT molecular complexity index is 975. The van der Waals surface area contributed by atoms with Crippen molar-refractivity contribution in [2.24, 2.45) is 5.73 Å². The molecule has 8 nitrogen and oxygen atoms in total. The molecule has 142 valence electrons. The van der Waals surface area contributed by atoms with Crippen LogP contribution in [0.3, 0.4) is 0 Å². The van der Waals surface area contributed by atoms with E-state index in [2.05, 4.69) is 10.3 Å². The number of rotatable bonds is 8. The summed E-state index contributed by atoms with van der Waals surface area (Å²) >= 11 is 0. The van der Waals surface area contributed by atoms with Gasteiger partial charge in [-0.15, -0.1) is 0 Å². The number of aromatic nitrogens is 1. The van der Waals surface area contributed by atoms with E-state index in [4.69, 9.17) is 10.5 Å². The maximum atomic E-state index is 11.2. The van der Waals surface area contributed by atoms with Crippen molar-refractivity contribution in [2.75, 3.05) is 5.32 Å². The summed E-state index contributed by atoms with van der Waals surface area (Å²) in [5.74, 6) is 0.000850. The second-order valence-electron chi connectivity index (χ2n) is 6.00. The summed E-state index contributed by atoms with van der Waals surface area (Å²) in [6.07, 6.45) is 3.45. The average molecular weight is 378 g/mol. The van der Waals surface area contributed by atoms with Crippen molar-refractivity contribution < 1.29 is 14.5 Å². The van der Waals surface area contributed by atoms with Crippen LogP contribution in [0.5, 0.6) is 5.75 Å². The van der Waals surface area contributed by atoms with Gasteiger partial charge in [-0.05, 0) is 35.9 Å². The fourth-order valence-electron chi connectivity index (χ4n) is 2.54. The van der Waals surface area contributed by atoms with Gasteiger partial charge in [0.15, 0.2) is 0 Å². The maximum Gasteiger partial charge on any atom is 0.293 e. The van der Waals surface area contributed by atoms with Crippen molar-refractivity contribution in [1.82, 2.24) is 4.98 Å². The molecule has 0 saturated heterocycles. The van der Waals surface area contributed by atoms with Gasteiger partial charge in [0.25, 0.3) is 5.69 Å². The van der Waals surface area contributed by atoms with Crippen LogP contribution in [0, 0.1) is 10.1 Å². The molecule has 3 N–H and O–H groups in total. The quantitative estimate of drug-likeness (QED) is 0.458. The van der Waals surface area contributed by atoms with Crippen LogP contribution in [0.4, 0.5) is 11.4 Å². The third-order valence-electron chi connectivity index (χ3n) is 4.01. The number of pyridine rings is 1. The molecule has 0 radical (unpaired) electrons. The second kappa shape index (κ2) is 8.63. The Morgan fingerprint density at radius 1 is 1.14 bits per heavy atom. The molecule has 0 unspecified atom stereocenters. The lowest BCUT2D eigenvalue weighted by atomic mass is 10.1. The molecule has 0 spiro atoms. The first-order valence-electron chi connectivity index (χ1n) is 8.45. The van der Waals surface area contributed by atoms with Crippen LogP contribution in [0.1, 0.15) is 21.5 Å². The zero-order valence-electron chi connectivity index (χ0n) is 14.9. The second-order valence-corrected chi connectivity index (χ2v) is 6.00. The fraction of sp³-hybridized carbons (Fsp3) is 0.100. The summed E-state index contributed by atoms with van der Waals surface area (Å²) < 4.78 is 5.70. The number of carbonyl (C=O) groups is 1. The lowest BCUT2D eigenvalue weighted by Gasteiger charge is -2.10. The fourth-order valence-corrected chi connectivity index (χ4v) is 2.54. The van der Waals surface area contributed by atoms with Gasteiger partial charge >= 0.3 is 0 Å². The van der Waals surface area contributed by atoms with Gasteiger partial charge in [-0.25, -0.2) is 0 Å². The number of hydrogen-bond donors (Lipinski definition) is 2. The molecule has 0 aliphatic heterocycles. The summed E-state index contributed by atoms with van der Waals surface area (Å²) in [7, 11) is 0. The standard InChI is InChI=1S/C20H18N4O4/c21-20(25)16-5-8-18(19(10-16)24(26)27)23-12-14-3-6-17(7-4-14)28-13-15-2-1-9-22-11-15/h1-11,23H,12-13H2,(H2,21,25). The van der Waals surface area contributed by atoms with Crippen LogP contribution in [0.2, 0.25) is 0 Å². The molecule has 1 amide bonds. The van der Waals surface area contributed by atoms with Gasteiger partial charge in [-0.2, -0.15) is 0 Å². The maximum absolute atomic E-state index is 11.2. The highest BCUT2D eigenvalue weighted by molar-refractivity contribution is 5.94. The van der Waals surface area contributed by atoms with Crippen molar-refractivity contribution >= 4 is 17.3 Å². The predicted molar refractivity (Wildman–Crippen MR) is 104 cm³/mol. The smallest absolute Gasteiger partial charge is 0.293 e. The largest absolute Gasteiger partial charge is 0.489 e. The Labute approximate surface area is 161 Å². The highest BCUT2D eigenvalue weighted by atomic mass is 16.6. The van der Waals surface area contributed by atoms with E-state index in [1.807, 2.05) is 36.4 Å². The number of amides is 1. The van der Waals surface area contributed by atoms with Crippen LogP contribution < -0.4 is 15.8 Å². The molecule has 1 aromatic heterocycles. The molecule has 0 aliphatic rings. The van der Waals surface area contributed by atoms with Gasteiger partial charge in [0.05, 0.1) is 4.92 Å². The average Bonchev–Trinajstić information content (AvgIpc) is 2.72. The van der Waals surface area contributed by atoms with E-state index in [1.54, 1.807) is 12.4 Å². The molecular formula is C20H18N4O4. The lowest BCUT2D eigenvalue weighted by Crippen LogP contribution is -2.12. The summed E-state index contributed by atoms with van der Waals surface area (Å²) in [4.78, 5) is 25.9. The Balaban J connectivity index is 1.62. The predicted octanol–water partition coefficient (Wildman–Crippen LogP) is 3.28.